The second kappa shape index (κ2) is 7.57. The van der Waals surface area contributed by atoms with Crippen molar-refractivity contribution in [2.45, 2.75) is 31.6 Å². The molecule has 0 spiro atoms. The molecular formula is C26H22N4OS. The summed E-state index contributed by atoms with van der Waals surface area (Å²) in [4.78, 5) is 19.1. The number of carbonyl (C=O) groups excluding carboxylic acids is 1. The van der Waals surface area contributed by atoms with Gasteiger partial charge in [0.25, 0.3) is 0 Å². The van der Waals surface area contributed by atoms with Crippen LogP contribution in [0, 0.1) is 6.92 Å². The number of aromatic nitrogens is 3. The molecule has 4 heterocycles. The molecule has 1 aromatic carbocycles. The van der Waals surface area contributed by atoms with Gasteiger partial charge in [0.15, 0.2) is 5.78 Å². The molecule has 158 valence electrons. The Bertz CT molecular complexity index is 1320. The lowest BCUT2D eigenvalue weighted by atomic mass is 9.73. The number of anilines is 1. The van der Waals surface area contributed by atoms with Crippen molar-refractivity contribution in [3.05, 3.63) is 105 Å². The van der Waals surface area contributed by atoms with Crippen molar-refractivity contribution in [1.82, 2.24) is 14.8 Å². The van der Waals surface area contributed by atoms with Crippen LogP contribution in [0.3, 0.4) is 0 Å². The maximum atomic E-state index is 13.6. The van der Waals surface area contributed by atoms with Gasteiger partial charge < -0.3 is 5.32 Å². The Balaban J connectivity index is 1.54. The van der Waals surface area contributed by atoms with Crippen molar-refractivity contribution in [3.63, 3.8) is 0 Å². The molecule has 0 fully saturated rings. The van der Waals surface area contributed by atoms with Crippen LogP contribution in [0.1, 0.15) is 46.4 Å². The lowest BCUT2D eigenvalue weighted by Gasteiger charge is -2.35. The number of Topliss-reactive ketones (excluding diaryl/α,β-unsaturated/α-hetero) is 1. The minimum absolute atomic E-state index is 0.140. The number of carbonyl (C=O) groups is 1. The van der Waals surface area contributed by atoms with Gasteiger partial charge in [-0.1, -0.05) is 24.3 Å². The number of rotatable bonds is 3. The quantitative estimate of drug-likeness (QED) is 0.453. The summed E-state index contributed by atoms with van der Waals surface area (Å²) in [5.41, 5.74) is 5.98. The van der Waals surface area contributed by atoms with E-state index < -0.39 is 0 Å². The molecule has 1 N–H and O–H groups in total. The molecule has 6 rings (SSSR count). The van der Waals surface area contributed by atoms with Gasteiger partial charge in [0.1, 0.15) is 5.82 Å². The molecule has 3 aromatic heterocycles. The summed E-state index contributed by atoms with van der Waals surface area (Å²) in [6.45, 7) is 2.03. The van der Waals surface area contributed by atoms with Gasteiger partial charge in [-0.05, 0) is 54.6 Å². The van der Waals surface area contributed by atoms with Crippen LogP contribution in [0.25, 0.3) is 5.69 Å². The Labute approximate surface area is 190 Å². The Morgan fingerprint density at radius 3 is 2.59 bits per heavy atom. The molecule has 0 bridgehead atoms. The Kier molecular flexibility index (Phi) is 4.54. The van der Waals surface area contributed by atoms with Crippen molar-refractivity contribution in [1.29, 1.82) is 0 Å². The van der Waals surface area contributed by atoms with E-state index in [9.17, 15) is 4.79 Å². The Morgan fingerprint density at radius 2 is 1.84 bits per heavy atom. The van der Waals surface area contributed by atoms with Crippen molar-refractivity contribution in [3.8, 4) is 5.69 Å². The summed E-state index contributed by atoms with van der Waals surface area (Å²) in [6.07, 6.45) is 4.97. The fraction of sp³-hybridized carbons (Fsp3) is 0.192. The van der Waals surface area contributed by atoms with E-state index in [2.05, 4.69) is 39.9 Å². The van der Waals surface area contributed by atoms with E-state index in [4.69, 9.17) is 5.10 Å². The lowest BCUT2D eigenvalue weighted by molar-refractivity contribution is -0.116. The zero-order valence-corrected chi connectivity index (χ0v) is 18.5. The lowest BCUT2D eigenvalue weighted by Crippen LogP contribution is -2.30. The molecule has 6 heteroatoms. The predicted octanol–water partition coefficient (Wildman–Crippen LogP) is 5.60. The highest BCUT2D eigenvalue weighted by molar-refractivity contribution is 7.10. The van der Waals surface area contributed by atoms with Crippen LogP contribution in [0.2, 0.25) is 0 Å². The molecule has 5 nitrogen and oxygen atoms in total. The van der Waals surface area contributed by atoms with E-state index >= 15 is 0 Å². The van der Waals surface area contributed by atoms with Gasteiger partial charge in [0.05, 0.1) is 11.4 Å². The highest BCUT2D eigenvalue weighted by Crippen LogP contribution is 2.49. The van der Waals surface area contributed by atoms with E-state index in [0.717, 1.165) is 46.0 Å². The normalized spacial score (nSPS) is 20.0. The average molecular weight is 439 g/mol. The van der Waals surface area contributed by atoms with Gasteiger partial charge in [-0.15, -0.1) is 11.3 Å². The fourth-order valence-corrected chi connectivity index (χ4v) is 5.88. The number of benzene rings is 1. The van der Waals surface area contributed by atoms with Gasteiger partial charge in [-0.2, -0.15) is 5.10 Å². The molecule has 0 saturated carbocycles. The molecule has 2 unspecified atom stereocenters. The van der Waals surface area contributed by atoms with Crippen LogP contribution < -0.4 is 5.32 Å². The SMILES string of the molecule is Cc1nn(-c2ccccc2)c2c1C(c1ccncc1)C1=C(CC(c3cccs3)CC1=O)N2. The first-order valence-electron chi connectivity index (χ1n) is 10.8. The maximum absolute atomic E-state index is 13.6. The molecule has 1 aliphatic carbocycles. The summed E-state index contributed by atoms with van der Waals surface area (Å²) in [5.74, 6) is 1.24. The van der Waals surface area contributed by atoms with Gasteiger partial charge in [0.2, 0.25) is 0 Å². The molecule has 2 aliphatic rings. The highest BCUT2D eigenvalue weighted by atomic mass is 32.1. The molecule has 4 aromatic rings. The number of nitrogens with zero attached hydrogens (tertiary/aromatic N) is 3. The number of allylic oxidation sites excluding steroid dienone is 2. The van der Waals surface area contributed by atoms with E-state index in [1.807, 2.05) is 41.9 Å². The smallest absolute Gasteiger partial charge is 0.162 e. The minimum atomic E-state index is -0.140. The molecule has 32 heavy (non-hydrogen) atoms. The highest BCUT2D eigenvalue weighted by Gasteiger charge is 2.41. The minimum Gasteiger partial charge on any atom is -0.343 e. The summed E-state index contributed by atoms with van der Waals surface area (Å²) in [6, 6.07) is 18.4. The predicted molar refractivity (Wildman–Crippen MR) is 126 cm³/mol. The topological polar surface area (TPSA) is 59.8 Å². The first-order chi connectivity index (χ1) is 15.7. The number of aryl methyl sites for hydroxylation is 1. The van der Waals surface area contributed by atoms with Gasteiger partial charge in [-0.25, -0.2) is 4.68 Å². The molecule has 0 amide bonds. The molecule has 2 atom stereocenters. The summed E-state index contributed by atoms with van der Waals surface area (Å²) in [7, 11) is 0. The third kappa shape index (κ3) is 3.02. The average Bonchev–Trinajstić information content (AvgIpc) is 3.48. The number of fused-ring (bicyclic) bond motifs is 1. The van der Waals surface area contributed by atoms with E-state index in [1.165, 1.54) is 4.88 Å². The first kappa shape index (κ1) is 19.2. The zero-order chi connectivity index (χ0) is 21.7. The van der Waals surface area contributed by atoms with Crippen LogP contribution in [0.15, 0.2) is 83.6 Å². The van der Waals surface area contributed by atoms with Gasteiger partial charge in [0, 0.05) is 52.4 Å². The van der Waals surface area contributed by atoms with Crippen LogP contribution in [0.4, 0.5) is 5.82 Å². The molecule has 0 saturated heterocycles. The Hall–Kier alpha value is -3.51. The monoisotopic (exact) mass is 438 g/mol. The Morgan fingerprint density at radius 1 is 1.03 bits per heavy atom. The second-order valence-corrected chi connectivity index (χ2v) is 9.35. The van der Waals surface area contributed by atoms with Crippen LogP contribution in [0.5, 0.6) is 0 Å². The van der Waals surface area contributed by atoms with E-state index in [-0.39, 0.29) is 17.6 Å². The number of hydrogen-bond acceptors (Lipinski definition) is 5. The van der Waals surface area contributed by atoms with Crippen molar-refractivity contribution < 1.29 is 4.79 Å². The van der Waals surface area contributed by atoms with Crippen molar-refractivity contribution >= 4 is 22.9 Å². The molecule has 1 aliphatic heterocycles. The van der Waals surface area contributed by atoms with Gasteiger partial charge >= 0.3 is 0 Å². The van der Waals surface area contributed by atoms with Crippen LogP contribution >= 0.6 is 11.3 Å². The number of thiophene rings is 1. The number of pyridine rings is 1. The summed E-state index contributed by atoms with van der Waals surface area (Å²) < 4.78 is 1.97. The first-order valence-corrected chi connectivity index (χ1v) is 11.7. The van der Waals surface area contributed by atoms with Crippen LogP contribution in [-0.2, 0) is 4.79 Å². The number of hydrogen-bond donors (Lipinski definition) is 1. The van der Waals surface area contributed by atoms with Crippen LogP contribution in [-0.4, -0.2) is 20.5 Å². The van der Waals surface area contributed by atoms with Crippen molar-refractivity contribution in [2.75, 3.05) is 5.32 Å². The largest absolute Gasteiger partial charge is 0.343 e. The number of nitrogens with one attached hydrogen (secondary N) is 1. The van der Waals surface area contributed by atoms with Gasteiger partial charge in [-0.3, -0.25) is 9.78 Å². The summed E-state index contributed by atoms with van der Waals surface area (Å²) >= 11 is 1.73. The van der Waals surface area contributed by atoms with E-state index in [1.54, 1.807) is 23.7 Å². The number of ketones is 1. The fourth-order valence-electron chi connectivity index (χ4n) is 5.05. The second-order valence-electron chi connectivity index (χ2n) is 8.37. The molecule has 0 radical (unpaired) electrons. The zero-order valence-electron chi connectivity index (χ0n) is 17.7. The van der Waals surface area contributed by atoms with Crippen molar-refractivity contribution in [2.24, 2.45) is 0 Å². The molecular weight excluding hydrogens is 416 g/mol. The number of para-hydroxylation sites is 1. The summed E-state index contributed by atoms with van der Waals surface area (Å²) in [5, 5.41) is 10.6. The third-order valence-electron chi connectivity index (χ3n) is 6.45. The standard InChI is InChI=1S/C26H22N4OS/c1-16-23-24(17-9-11-27-12-10-17)25-20(14-18(15-21(25)31)22-8-5-13-32-22)28-26(23)30(29-16)19-6-3-2-4-7-19/h2-13,18,24,28H,14-15H2,1H3. The van der Waals surface area contributed by atoms with E-state index in [0.29, 0.717) is 6.42 Å². The third-order valence-corrected chi connectivity index (χ3v) is 7.48. The maximum Gasteiger partial charge on any atom is 0.162 e.